The van der Waals surface area contributed by atoms with E-state index in [1.54, 1.807) is 25.3 Å². The number of hydrogen-bond donors (Lipinski definition) is 1. The molecular weight excluding hydrogens is 490 g/mol. The Balaban J connectivity index is 1.21. The SMILES string of the molecule is CCc1c(-c2ccccc2)oc2c(C(=O)NCCCN3CCN(c4ccccc4OC)CC3)cccc2c1=O. The average Bonchev–Trinajstić information content (AvgIpc) is 2.99. The maximum Gasteiger partial charge on any atom is 0.255 e. The molecule has 2 heterocycles. The van der Waals surface area contributed by atoms with E-state index in [1.807, 2.05) is 55.5 Å². The zero-order valence-electron chi connectivity index (χ0n) is 22.6. The molecule has 0 aliphatic carbocycles. The number of anilines is 1. The van der Waals surface area contributed by atoms with Gasteiger partial charge in [0.25, 0.3) is 5.91 Å². The van der Waals surface area contributed by atoms with Crippen molar-refractivity contribution in [2.45, 2.75) is 19.8 Å². The van der Waals surface area contributed by atoms with Crippen molar-refractivity contribution in [3.8, 4) is 17.1 Å². The van der Waals surface area contributed by atoms with Crippen LogP contribution in [0.3, 0.4) is 0 Å². The smallest absolute Gasteiger partial charge is 0.255 e. The summed E-state index contributed by atoms with van der Waals surface area (Å²) in [4.78, 5) is 31.3. The molecule has 3 aromatic carbocycles. The molecule has 1 aromatic heterocycles. The van der Waals surface area contributed by atoms with E-state index >= 15 is 0 Å². The van der Waals surface area contributed by atoms with Gasteiger partial charge in [-0.15, -0.1) is 0 Å². The van der Waals surface area contributed by atoms with Gasteiger partial charge >= 0.3 is 0 Å². The van der Waals surface area contributed by atoms with Gasteiger partial charge in [0, 0.05) is 43.9 Å². The minimum absolute atomic E-state index is 0.0838. The lowest BCUT2D eigenvalue weighted by atomic mass is 10.0. The molecule has 4 aromatic rings. The molecule has 0 unspecified atom stereocenters. The highest BCUT2D eigenvalue weighted by atomic mass is 16.5. The number of nitrogens with zero attached hydrogens (tertiary/aromatic N) is 2. The summed E-state index contributed by atoms with van der Waals surface area (Å²) < 4.78 is 11.8. The summed E-state index contributed by atoms with van der Waals surface area (Å²) in [5, 5.41) is 3.47. The predicted molar refractivity (Wildman–Crippen MR) is 156 cm³/mol. The Hall–Kier alpha value is -4.10. The van der Waals surface area contributed by atoms with Crippen molar-refractivity contribution in [1.29, 1.82) is 0 Å². The second-order valence-electron chi connectivity index (χ2n) is 9.75. The number of ether oxygens (including phenoxy) is 1. The van der Waals surface area contributed by atoms with E-state index in [0.717, 1.165) is 56.1 Å². The molecule has 1 N–H and O–H groups in total. The highest BCUT2D eigenvalue weighted by Crippen LogP contribution is 2.29. The largest absolute Gasteiger partial charge is 0.495 e. The van der Waals surface area contributed by atoms with Crippen LogP contribution in [-0.4, -0.2) is 57.2 Å². The number of methoxy groups -OCH3 is 1. The van der Waals surface area contributed by atoms with Crippen molar-refractivity contribution in [1.82, 2.24) is 10.2 Å². The van der Waals surface area contributed by atoms with E-state index in [0.29, 0.717) is 40.8 Å². The highest BCUT2D eigenvalue weighted by molar-refractivity contribution is 6.05. The summed E-state index contributed by atoms with van der Waals surface area (Å²) in [5.41, 5.74) is 3.22. The van der Waals surface area contributed by atoms with E-state index in [2.05, 4.69) is 21.2 Å². The van der Waals surface area contributed by atoms with Crippen LogP contribution in [-0.2, 0) is 6.42 Å². The number of carbonyl (C=O) groups is 1. The first-order valence-corrected chi connectivity index (χ1v) is 13.6. The van der Waals surface area contributed by atoms with Crippen molar-refractivity contribution in [3.05, 3.63) is 94.1 Å². The first-order valence-electron chi connectivity index (χ1n) is 13.6. The van der Waals surface area contributed by atoms with Gasteiger partial charge in [-0.25, -0.2) is 0 Å². The van der Waals surface area contributed by atoms with E-state index in [4.69, 9.17) is 9.15 Å². The van der Waals surface area contributed by atoms with E-state index in [1.165, 1.54) is 0 Å². The van der Waals surface area contributed by atoms with Crippen LogP contribution in [0.4, 0.5) is 5.69 Å². The molecule has 7 nitrogen and oxygen atoms in total. The van der Waals surface area contributed by atoms with Crippen LogP contribution in [0.2, 0.25) is 0 Å². The lowest BCUT2D eigenvalue weighted by Gasteiger charge is -2.36. The maximum absolute atomic E-state index is 13.3. The summed E-state index contributed by atoms with van der Waals surface area (Å²) >= 11 is 0. The molecule has 1 aliphatic heterocycles. The number of amides is 1. The number of benzene rings is 3. The quantitative estimate of drug-likeness (QED) is 0.311. The minimum atomic E-state index is -0.229. The van der Waals surface area contributed by atoms with Gasteiger partial charge in [-0.2, -0.15) is 0 Å². The van der Waals surface area contributed by atoms with Crippen molar-refractivity contribution in [2.75, 3.05) is 51.3 Å². The zero-order valence-corrected chi connectivity index (χ0v) is 22.6. The van der Waals surface area contributed by atoms with Crippen molar-refractivity contribution < 1.29 is 13.9 Å². The number of fused-ring (bicyclic) bond motifs is 1. The molecule has 1 aliphatic rings. The number of rotatable bonds is 9. The fourth-order valence-electron chi connectivity index (χ4n) is 5.28. The summed E-state index contributed by atoms with van der Waals surface area (Å²) in [6.07, 6.45) is 1.39. The van der Waals surface area contributed by atoms with E-state index in [-0.39, 0.29) is 11.3 Å². The van der Waals surface area contributed by atoms with E-state index in [9.17, 15) is 9.59 Å². The van der Waals surface area contributed by atoms with Crippen LogP contribution >= 0.6 is 0 Å². The fourth-order valence-corrected chi connectivity index (χ4v) is 5.28. The van der Waals surface area contributed by atoms with Gasteiger partial charge in [-0.3, -0.25) is 14.5 Å². The number of nitrogens with one attached hydrogen (secondary N) is 1. The first-order chi connectivity index (χ1) is 19.1. The Morgan fingerprint density at radius 2 is 1.69 bits per heavy atom. The summed E-state index contributed by atoms with van der Waals surface area (Å²) in [7, 11) is 1.71. The predicted octanol–water partition coefficient (Wildman–Crippen LogP) is 4.97. The fraction of sp³-hybridized carbons (Fsp3) is 0.312. The number of piperazine rings is 1. The second-order valence-corrected chi connectivity index (χ2v) is 9.75. The third-order valence-electron chi connectivity index (χ3n) is 7.38. The van der Waals surface area contributed by atoms with Crippen LogP contribution in [0.25, 0.3) is 22.3 Å². The molecule has 0 spiro atoms. The first kappa shape index (κ1) is 26.5. The number of hydrogen-bond acceptors (Lipinski definition) is 6. The van der Waals surface area contributed by atoms with Crippen LogP contribution in [0.15, 0.2) is 82.0 Å². The molecule has 0 radical (unpaired) electrons. The number of carbonyl (C=O) groups excluding carboxylic acids is 1. The molecule has 5 rings (SSSR count). The van der Waals surface area contributed by atoms with Crippen molar-refractivity contribution >= 4 is 22.6 Å². The maximum atomic E-state index is 13.3. The molecule has 0 saturated carbocycles. The molecular formula is C32H35N3O4. The standard InChI is InChI=1S/C32H35N3O4/c1-3-24-29(36)25-13-9-14-26(31(25)39-30(24)23-11-5-4-6-12-23)32(37)33-17-10-18-34-19-21-35(22-20-34)27-15-7-8-16-28(27)38-2/h4-9,11-16H,3,10,17-22H2,1-2H3,(H,33,37). The lowest BCUT2D eigenvalue weighted by molar-refractivity contribution is 0.0952. The Morgan fingerprint density at radius 1 is 0.949 bits per heavy atom. The molecule has 0 bridgehead atoms. The van der Waals surface area contributed by atoms with Crippen LogP contribution in [0.5, 0.6) is 5.75 Å². The molecule has 1 amide bonds. The molecule has 1 saturated heterocycles. The molecule has 0 atom stereocenters. The highest BCUT2D eigenvalue weighted by Gasteiger charge is 2.21. The van der Waals surface area contributed by atoms with Gasteiger partial charge in [-0.05, 0) is 43.7 Å². The topological polar surface area (TPSA) is 75.0 Å². The summed E-state index contributed by atoms with van der Waals surface area (Å²) in [5.74, 6) is 1.20. The Morgan fingerprint density at radius 3 is 2.44 bits per heavy atom. The van der Waals surface area contributed by atoms with Crippen LogP contribution < -0.4 is 20.4 Å². The zero-order chi connectivity index (χ0) is 27.2. The molecule has 39 heavy (non-hydrogen) atoms. The Bertz CT molecular complexity index is 1490. The molecule has 202 valence electrons. The summed E-state index contributed by atoms with van der Waals surface area (Å²) in [6, 6.07) is 22.9. The lowest BCUT2D eigenvalue weighted by Crippen LogP contribution is -2.47. The van der Waals surface area contributed by atoms with Crippen molar-refractivity contribution in [2.24, 2.45) is 0 Å². The number of para-hydroxylation sites is 3. The van der Waals surface area contributed by atoms with Gasteiger partial charge in [-0.1, -0.05) is 55.5 Å². The van der Waals surface area contributed by atoms with Crippen LogP contribution in [0, 0.1) is 0 Å². The van der Waals surface area contributed by atoms with Gasteiger partial charge in [0.05, 0.1) is 23.7 Å². The monoisotopic (exact) mass is 525 g/mol. The minimum Gasteiger partial charge on any atom is -0.495 e. The van der Waals surface area contributed by atoms with Gasteiger partial charge in [0.15, 0.2) is 11.0 Å². The average molecular weight is 526 g/mol. The third-order valence-corrected chi connectivity index (χ3v) is 7.38. The normalized spacial score (nSPS) is 13.9. The van der Waals surface area contributed by atoms with Crippen molar-refractivity contribution in [3.63, 3.8) is 0 Å². The summed E-state index contributed by atoms with van der Waals surface area (Å²) in [6.45, 7) is 7.19. The van der Waals surface area contributed by atoms with Gasteiger partial charge < -0.3 is 19.4 Å². The molecule has 7 heteroatoms. The second kappa shape index (κ2) is 12.2. The molecule has 1 fully saturated rings. The van der Waals surface area contributed by atoms with Gasteiger partial charge in [0.2, 0.25) is 0 Å². The van der Waals surface area contributed by atoms with E-state index < -0.39 is 0 Å². The third kappa shape index (κ3) is 5.68. The Labute approximate surface area is 229 Å². The van der Waals surface area contributed by atoms with Gasteiger partial charge in [0.1, 0.15) is 11.5 Å². The Kier molecular flexibility index (Phi) is 8.27. The van der Waals surface area contributed by atoms with Crippen LogP contribution in [0.1, 0.15) is 29.3 Å².